The minimum absolute atomic E-state index is 0.131. The molecule has 1 aromatic rings. The maximum atomic E-state index is 10.6. The number of halogens is 2. The fourth-order valence-electron chi connectivity index (χ4n) is 1.07. The van der Waals surface area contributed by atoms with E-state index in [1.807, 2.05) is 36.4 Å². The summed E-state index contributed by atoms with van der Waals surface area (Å²) in [5, 5.41) is 12.0. The highest BCUT2D eigenvalue weighted by atomic mass is 35.5. The second-order valence-corrected chi connectivity index (χ2v) is 4.29. The molecule has 0 spiro atoms. The summed E-state index contributed by atoms with van der Waals surface area (Å²) in [5.74, 6) is -1.31. The van der Waals surface area contributed by atoms with Crippen molar-refractivity contribution >= 4 is 41.0 Å². The quantitative estimate of drug-likeness (QED) is 0.379. The zero-order valence-corrected chi connectivity index (χ0v) is 10.8. The van der Waals surface area contributed by atoms with E-state index in [-0.39, 0.29) is 6.61 Å². The van der Waals surface area contributed by atoms with Crippen molar-refractivity contribution in [1.82, 2.24) is 0 Å². The van der Waals surface area contributed by atoms with Gasteiger partial charge in [-0.2, -0.15) is 0 Å². The molecule has 0 fully saturated rings. The van der Waals surface area contributed by atoms with E-state index in [2.05, 4.69) is 5.16 Å². The molecule has 1 rings (SSSR count). The Bertz CT molecular complexity index is 444. The lowest BCUT2D eigenvalue weighted by molar-refractivity contribution is -0.129. The van der Waals surface area contributed by atoms with Crippen LogP contribution in [0.5, 0.6) is 0 Å². The Morgan fingerprint density at radius 2 is 2.06 bits per heavy atom. The average molecular weight is 288 g/mol. The number of carboxylic acid groups (broad SMARTS) is 1. The first-order chi connectivity index (χ1) is 8.61. The van der Waals surface area contributed by atoms with E-state index >= 15 is 0 Å². The average Bonchev–Trinajstić information content (AvgIpc) is 2.34. The first kappa shape index (κ1) is 14.5. The molecule has 0 radical (unpaired) electrons. The summed E-state index contributed by atoms with van der Waals surface area (Å²) < 4.78 is 0. The molecule has 0 amide bonds. The van der Waals surface area contributed by atoms with E-state index in [9.17, 15) is 4.79 Å². The first-order valence-electron chi connectivity index (χ1n) is 5.04. The Kier molecular flexibility index (Phi) is 6.25. The van der Waals surface area contributed by atoms with E-state index in [4.69, 9.17) is 33.1 Å². The molecule has 6 heteroatoms. The van der Waals surface area contributed by atoms with Crippen molar-refractivity contribution in [3.8, 4) is 0 Å². The molecule has 0 saturated carbocycles. The van der Waals surface area contributed by atoms with Crippen LogP contribution in [0.4, 0.5) is 0 Å². The van der Waals surface area contributed by atoms with Crippen LogP contribution in [0.15, 0.2) is 41.6 Å². The summed E-state index contributed by atoms with van der Waals surface area (Å²) in [5.41, 5.74) is 0.572. The van der Waals surface area contributed by atoms with Crippen LogP contribution < -0.4 is 0 Å². The van der Waals surface area contributed by atoms with E-state index in [0.717, 1.165) is 5.56 Å². The fourth-order valence-corrected chi connectivity index (χ4v) is 1.34. The monoisotopic (exact) mass is 287 g/mol. The summed E-state index contributed by atoms with van der Waals surface area (Å²) in [6.45, 7) is 0.131. The van der Waals surface area contributed by atoms with Gasteiger partial charge in [-0.3, -0.25) is 0 Å². The van der Waals surface area contributed by atoms with Gasteiger partial charge in [0.2, 0.25) is 0 Å². The number of carboxylic acids is 1. The highest BCUT2D eigenvalue weighted by molar-refractivity contribution is 6.63. The van der Waals surface area contributed by atoms with Gasteiger partial charge in [-0.1, -0.05) is 64.8 Å². The number of nitrogens with zero attached hydrogens (tertiary/aromatic N) is 1. The zero-order valence-electron chi connectivity index (χ0n) is 9.29. The van der Waals surface area contributed by atoms with Crippen molar-refractivity contribution in [2.75, 3.05) is 6.61 Å². The summed E-state index contributed by atoms with van der Waals surface area (Å²) in [6, 6.07) is 9.59. The van der Waals surface area contributed by atoms with Gasteiger partial charge in [0, 0.05) is 0 Å². The van der Waals surface area contributed by atoms with Gasteiger partial charge in [0.1, 0.15) is 6.61 Å². The van der Waals surface area contributed by atoms with E-state index in [1.165, 1.54) is 0 Å². The Hall–Kier alpha value is -1.52. The summed E-state index contributed by atoms with van der Waals surface area (Å²) in [7, 11) is 0. The normalized spacial score (nSPS) is 12.1. The van der Waals surface area contributed by atoms with Crippen LogP contribution in [0.3, 0.4) is 0 Å². The molecule has 0 aliphatic rings. The van der Waals surface area contributed by atoms with Crippen LogP contribution in [0.1, 0.15) is 5.56 Å². The largest absolute Gasteiger partial charge is 0.477 e. The molecule has 18 heavy (non-hydrogen) atoms. The van der Waals surface area contributed by atoms with Gasteiger partial charge in [0.05, 0.1) is 0 Å². The summed E-state index contributed by atoms with van der Waals surface area (Å²) in [6.07, 6.45) is 3.53. The third-order valence-corrected chi connectivity index (χ3v) is 2.28. The Morgan fingerprint density at radius 1 is 1.39 bits per heavy atom. The maximum absolute atomic E-state index is 10.6. The smallest absolute Gasteiger partial charge is 0.356 e. The van der Waals surface area contributed by atoms with Gasteiger partial charge >= 0.3 is 5.97 Å². The van der Waals surface area contributed by atoms with Crippen LogP contribution in [0, 0.1) is 0 Å². The predicted molar refractivity (Wildman–Crippen MR) is 72.0 cm³/mol. The second kappa shape index (κ2) is 7.74. The molecule has 0 aliphatic carbocycles. The summed E-state index contributed by atoms with van der Waals surface area (Å²) >= 11 is 10.8. The fraction of sp³-hybridized carbons (Fsp3) is 0.167. The molecule has 0 saturated heterocycles. The first-order valence-corrected chi connectivity index (χ1v) is 5.91. The Labute approximate surface area is 114 Å². The van der Waals surface area contributed by atoms with Crippen LogP contribution in [0.25, 0.3) is 6.08 Å². The van der Waals surface area contributed by atoms with Crippen molar-refractivity contribution < 1.29 is 14.7 Å². The Morgan fingerprint density at radius 3 is 2.61 bits per heavy atom. The van der Waals surface area contributed by atoms with E-state index in [0.29, 0.717) is 0 Å². The number of hydrogen-bond donors (Lipinski definition) is 1. The molecule has 0 aromatic heterocycles. The number of aliphatic carboxylic acids is 1. The highest BCUT2D eigenvalue weighted by Crippen LogP contribution is 2.06. The highest BCUT2D eigenvalue weighted by Gasteiger charge is 2.18. The molecule has 96 valence electrons. The van der Waals surface area contributed by atoms with Crippen molar-refractivity contribution in [3.63, 3.8) is 0 Å². The lowest BCUT2D eigenvalue weighted by Gasteiger charge is -2.00. The van der Waals surface area contributed by atoms with Crippen molar-refractivity contribution in [3.05, 3.63) is 42.0 Å². The number of rotatable bonds is 6. The predicted octanol–water partition coefficient (Wildman–Crippen LogP) is 2.96. The molecular formula is C12H11Cl2NO3. The van der Waals surface area contributed by atoms with Gasteiger partial charge in [0.25, 0.3) is 0 Å². The third-order valence-electron chi connectivity index (χ3n) is 1.87. The van der Waals surface area contributed by atoms with E-state index in [1.54, 1.807) is 6.08 Å². The van der Waals surface area contributed by atoms with E-state index < -0.39 is 16.5 Å². The molecule has 0 atom stereocenters. The third kappa shape index (κ3) is 5.21. The van der Waals surface area contributed by atoms with Crippen molar-refractivity contribution in [2.45, 2.75) is 4.84 Å². The van der Waals surface area contributed by atoms with Gasteiger partial charge in [-0.05, 0) is 11.6 Å². The van der Waals surface area contributed by atoms with Crippen LogP contribution in [0.2, 0.25) is 0 Å². The molecule has 1 N–H and O–H groups in total. The molecule has 0 bridgehead atoms. The molecule has 0 unspecified atom stereocenters. The standard InChI is InChI=1S/C12H11Cl2NO3/c13-11(14)10(12(16)17)15-18-8-4-7-9-5-2-1-3-6-9/h1-7,11H,8H2,(H,16,17)/b7-4+,15-10-. The number of alkyl halides is 2. The molecule has 0 heterocycles. The van der Waals surface area contributed by atoms with Crippen LogP contribution in [-0.4, -0.2) is 28.2 Å². The van der Waals surface area contributed by atoms with Crippen LogP contribution >= 0.6 is 23.2 Å². The van der Waals surface area contributed by atoms with Crippen molar-refractivity contribution in [1.29, 1.82) is 0 Å². The topological polar surface area (TPSA) is 58.9 Å². The number of hydrogen-bond acceptors (Lipinski definition) is 3. The molecule has 4 nitrogen and oxygen atoms in total. The van der Waals surface area contributed by atoms with Gasteiger partial charge in [0.15, 0.2) is 10.5 Å². The SMILES string of the molecule is O=C(O)/C(=N\OC/C=C/c1ccccc1)C(Cl)Cl. The molecular weight excluding hydrogens is 277 g/mol. The lowest BCUT2D eigenvalue weighted by Crippen LogP contribution is -2.20. The Balaban J connectivity index is 2.45. The summed E-state index contributed by atoms with van der Waals surface area (Å²) in [4.78, 5) is 14.2. The minimum Gasteiger partial charge on any atom is -0.477 e. The lowest BCUT2D eigenvalue weighted by atomic mass is 10.2. The van der Waals surface area contributed by atoms with Gasteiger partial charge in [-0.15, -0.1) is 0 Å². The van der Waals surface area contributed by atoms with Crippen LogP contribution in [-0.2, 0) is 9.63 Å². The molecule has 0 aliphatic heterocycles. The molecule has 1 aromatic carbocycles. The number of carbonyl (C=O) groups is 1. The van der Waals surface area contributed by atoms with Crippen molar-refractivity contribution in [2.24, 2.45) is 5.16 Å². The number of benzene rings is 1. The van der Waals surface area contributed by atoms with Gasteiger partial charge in [-0.25, -0.2) is 4.79 Å². The minimum atomic E-state index is -1.31. The number of oxime groups is 1. The zero-order chi connectivity index (χ0) is 13.4. The maximum Gasteiger partial charge on any atom is 0.356 e. The second-order valence-electron chi connectivity index (χ2n) is 3.19. The van der Waals surface area contributed by atoms with Gasteiger partial charge < -0.3 is 9.94 Å².